The minimum absolute atomic E-state index is 0.293. The molecule has 1 rings (SSSR count). The van der Waals surface area contributed by atoms with Gasteiger partial charge in [0.25, 0.3) is 0 Å². The molecule has 0 spiro atoms. The number of rotatable bonds is 6. The summed E-state index contributed by atoms with van der Waals surface area (Å²) in [5, 5.41) is 0. The first-order chi connectivity index (χ1) is 7.22. The molecule has 4 nitrogen and oxygen atoms in total. The molecule has 0 aromatic rings. The molecule has 1 amide bonds. The summed E-state index contributed by atoms with van der Waals surface area (Å²) in [6, 6.07) is 0. The molecule has 1 aliphatic carbocycles. The van der Waals surface area contributed by atoms with Crippen molar-refractivity contribution in [1.29, 1.82) is 0 Å². The molecular weight excluding hydrogens is 194 g/mol. The Morgan fingerprint density at radius 3 is 2.20 bits per heavy atom. The summed E-state index contributed by atoms with van der Waals surface area (Å²) in [5.41, 5.74) is 5.03. The van der Waals surface area contributed by atoms with E-state index in [4.69, 9.17) is 15.2 Å². The van der Waals surface area contributed by atoms with Crippen LogP contribution in [0.2, 0.25) is 0 Å². The molecule has 2 N–H and O–H groups in total. The summed E-state index contributed by atoms with van der Waals surface area (Å²) in [5.74, 6) is -0.294. The standard InChI is InChI=1S/C11H21NO3/c1-2-14-9-3-5-10(6-4-9)15-8-7-11(12)13/h9-10H,2-8H2,1H3,(H2,12,13). The van der Waals surface area contributed by atoms with Crippen LogP contribution in [0.5, 0.6) is 0 Å². The molecule has 0 bridgehead atoms. The van der Waals surface area contributed by atoms with Gasteiger partial charge in [-0.25, -0.2) is 0 Å². The fourth-order valence-electron chi connectivity index (χ4n) is 1.93. The molecule has 4 heteroatoms. The van der Waals surface area contributed by atoms with Crippen LogP contribution in [0.1, 0.15) is 39.0 Å². The molecule has 0 saturated heterocycles. The van der Waals surface area contributed by atoms with Gasteiger partial charge in [0.1, 0.15) is 0 Å². The third-order valence-electron chi connectivity index (χ3n) is 2.73. The Morgan fingerprint density at radius 2 is 1.73 bits per heavy atom. The molecule has 0 heterocycles. The SMILES string of the molecule is CCOC1CCC(OCCC(N)=O)CC1. The molecular formula is C11H21NO3. The zero-order valence-corrected chi connectivity index (χ0v) is 9.41. The van der Waals surface area contributed by atoms with Gasteiger partial charge in [-0.1, -0.05) is 0 Å². The summed E-state index contributed by atoms with van der Waals surface area (Å²) in [6.07, 6.45) is 5.22. The van der Waals surface area contributed by atoms with Crippen molar-refractivity contribution in [2.24, 2.45) is 5.73 Å². The lowest BCUT2D eigenvalue weighted by Crippen LogP contribution is -2.27. The average molecular weight is 215 g/mol. The van der Waals surface area contributed by atoms with E-state index in [1.54, 1.807) is 0 Å². The highest BCUT2D eigenvalue weighted by Crippen LogP contribution is 2.23. The van der Waals surface area contributed by atoms with Crippen molar-refractivity contribution in [2.75, 3.05) is 13.2 Å². The quantitative estimate of drug-likeness (QED) is 0.724. The highest BCUT2D eigenvalue weighted by Gasteiger charge is 2.21. The molecule has 0 radical (unpaired) electrons. The van der Waals surface area contributed by atoms with Gasteiger partial charge in [-0.05, 0) is 32.6 Å². The van der Waals surface area contributed by atoms with Gasteiger partial charge in [-0.3, -0.25) is 4.79 Å². The zero-order valence-electron chi connectivity index (χ0n) is 9.41. The second-order valence-electron chi connectivity index (χ2n) is 3.94. The van der Waals surface area contributed by atoms with Crippen LogP contribution < -0.4 is 5.73 Å². The fourth-order valence-corrected chi connectivity index (χ4v) is 1.93. The molecule has 1 saturated carbocycles. The number of carbonyl (C=O) groups excluding carboxylic acids is 1. The average Bonchev–Trinajstić information content (AvgIpc) is 2.20. The first-order valence-electron chi connectivity index (χ1n) is 5.74. The van der Waals surface area contributed by atoms with Crippen molar-refractivity contribution in [2.45, 2.75) is 51.2 Å². The van der Waals surface area contributed by atoms with Crippen molar-refractivity contribution >= 4 is 5.91 Å². The van der Waals surface area contributed by atoms with Crippen molar-refractivity contribution < 1.29 is 14.3 Å². The molecule has 0 unspecified atom stereocenters. The number of nitrogens with two attached hydrogens (primary N) is 1. The summed E-state index contributed by atoms with van der Waals surface area (Å²) < 4.78 is 11.1. The van der Waals surface area contributed by atoms with E-state index in [2.05, 4.69) is 0 Å². The van der Waals surface area contributed by atoms with Crippen molar-refractivity contribution in [3.05, 3.63) is 0 Å². The second-order valence-corrected chi connectivity index (χ2v) is 3.94. The molecule has 1 fully saturated rings. The van der Waals surface area contributed by atoms with E-state index in [1.807, 2.05) is 6.92 Å². The van der Waals surface area contributed by atoms with Crippen LogP contribution in [0.3, 0.4) is 0 Å². The topological polar surface area (TPSA) is 61.6 Å². The molecule has 88 valence electrons. The number of hydrogen-bond acceptors (Lipinski definition) is 3. The van der Waals surface area contributed by atoms with E-state index in [1.165, 1.54) is 0 Å². The minimum Gasteiger partial charge on any atom is -0.379 e. The smallest absolute Gasteiger partial charge is 0.219 e. The van der Waals surface area contributed by atoms with Gasteiger partial charge in [-0.2, -0.15) is 0 Å². The summed E-state index contributed by atoms with van der Waals surface area (Å²) in [6.45, 7) is 3.27. The third kappa shape index (κ3) is 5.14. The second kappa shape index (κ2) is 6.80. The third-order valence-corrected chi connectivity index (χ3v) is 2.73. The Kier molecular flexibility index (Phi) is 5.65. The number of carbonyl (C=O) groups is 1. The summed E-state index contributed by atoms with van der Waals surface area (Å²) in [7, 11) is 0. The van der Waals surface area contributed by atoms with Gasteiger partial charge in [-0.15, -0.1) is 0 Å². The number of amides is 1. The van der Waals surface area contributed by atoms with Crippen LogP contribution in [-0.2, 0) is 14.3 Å². The van der Waals surface area contributed by atoms with E-state index >= 15 is 0 Å². The van der Waals surface area contributed by atoms with Gasteiger partial charge in [0.05, 0.1) is 18.8 Å². The number of ether oxygens (including phenoxy) is 2. The zero-order chi connectivity index (χ0) is 11.1. The Morgan fingerprint density at radius 1 is 1.20 bits per heavy atom. The van der Waals surface area contributed by atoms with Crippen LogP contribution in [-0.4, -0.2) is 31.3 Å². The summed E-state index contributed by atoms with van der Waals surface area (Å²) in [4.78, 5) is 10.5. The van der Waals surface area contributed by atoms with Crippen molar-refractivity contribution in [1.82, 2.24) is 0 Å². The van der Waals surface area contributed by atoms with E-state index in [0.717, 1.165) is 32.3 Å². The molecule has 15 heavy (non-hydrogen) atoms. The van der Waals surface area contributed by atoms with E-state index < -0.39 is 0 Å². The number of primary amides is 1. The van der Waals surface area contributed by atoms with Crippen LogP contribution >= 0.6 is 0 Å². The highest BCUT2D eigenvalue weighted by atomic mass is 16.5. The Bertz CT molecular complexity index is 188. The lowest BCUT2D eigenvalue weighted by molar-refractivity contribution is -0.119. The maximum absolute atomic E-state index is 10.5. The molecule has 0 aliphatic heterocycles. The maximum atomic E-state index is 10.5. The van der Waals surface area contributed by atoms with E-state index in [-0.39, 0.29) is 5.91 Å². The molecule has 0 aromatic heterocycles. The van der Waals surface area contributed by atoms with Crippen molar-refractivity contribution in [3.8, 4) is 0 Å². The Hall–Kier alpha value is -0.610. The van der Waals surface area contributed by atoms with Crippen molar-refractivity contribution in [3.63, 3.8) is 0 Å². The normalized spacial score (nSPS) is 26.5. The molecule has 0 aromatic carbocycles. The van der Waals surface area contributed by atoms with E-state index in [9.17, 15) is 4.79 Å². The molecule has 1 aliphatic rings. The Labute approximate surface area is 91.1 Å². The monoisotopic (exact) mass is 215 g/mol. The van der Waals surface area contributed by atoms with Crippen LogP contribution in [0, 0.1) is 0 Å². The number of hydrogen-bond donors (Lipinski definition) is 1. The van der Waals surface area contributed by atoms with Gasteiger partial charge in [0.2, 0.25) is 5.91 Å². The van der Waals surface area contributed by atoms with Gasteiger partial charge < -0.3 is 15.2 Å². The first-order valence-corrected chi connectivity index (χ1v) is 5.74. The maximum Gasteiger partial charge on any atom is 0.219 e. The molecule has 0 atom stereocenters. The Balaban J connectivity index is 2.06. The largest absolute Gasteiger partial charge is 0.379 e. The van der Waals surface area contributed by atoms with E-state index in [0.29, 0.717) is 25.2 Å². The van der Waals surface area contributed by atoms with Gasteiger partial charge in [0.15, 0.2) is 0 Å². The first kappa shape index (κ1) is 12.5. The van der Waals surface area contributed by atoms with Crippen LogP contribution in [0.25, 0.3) is 0 Å². The van der Waals surface area contributed by atoms with Gasteiger partial charge >= 0.3 is 0 Å². The lowest BCUT2D eigenvalue weighted by Gasteiger charge is -2.28. The minimum atomic E-state index is -0.294. The van der Waals surface area contributed by atoms with Crippen LogP contribution in [0.4, 0.5) is 0 Å². The predicted molar refractivity (Wildman–Crippen MR) is 57.4 cm³/mol. The van der Waals surface area contributed by atoms with Gasteiger partial charge in [0, 0.05) is 13.0 Å². The van der Waals surface area contributed by atoms with Crippen LogP contribution in [0.15, 0.2) is 0 Å². The highest BCUT2D eigenvalue weighted by molar-refractivity contribution is 5.73. The summed E-state index contributed by atoms with van der Waals surface area (Å²) >= 11 is 0. The predicted octanol–water partition coefficient (Wildman–Crippen LogP) is 1.23. The lowest BCUT2D eigenvalue weighted by atomic mass is 9.95. The fraction of sp³-hybridized carbons (Fsp3) is 0.909.